The van der Waals surface area contributed by atoms with Gasteiger partial charge in [0.2, 0.25) is 0 Å². The number of hydrogen-bond donors (Lipinski definition) is 1. The van der Waals surface area contributed by atoms with E-state index in [0.29, 0.717) is 6.42 Å². The average Bonchev–Trinajstić information content (AvgIpc) is 2.91. The fourth-order valence-corrected chi connectivity index (χ4v) is 3.48. The van der Waals surface area contributed by atoms with Gasteiger partial charge in [-0.3, -0.25) is 0 Å². The van der Waals surface area contributed by atoms with Crippen molar-refractivity contribution in [1.82, 2.24) is 0 Å². The number of aliphatic hydroxyl groups excluding tert-OH is 1. The summed E-state index contributed by atoms with van der Waals surface area (Å²) in [5.41, 5.74) is -0.140. The van der Waals surface area contributed by atoms with Crippen molar-refractivity contribution in [2.45, 2.75) is 96.1 Å². The monoisotopic (exact) mass is 297 g/mol. The molecule has 0 radical (unpaired) electrons. The molecule has 2 aliphatic heterocycles. The molecule has 2 saturated heterocycles. The van der Waals surface area contributed by atoms with Gasteiger partial charge in [-0.2, -0.15) is 5.26 Å². The van der Waals surface area contributed by atoms with Gasteiger partial charge in [0.25, 0.3) is 0 Å². The smallest absolute Gasteiger partial charge is 0.0968 e. The highest BCUT2D eigenvalue weighted by molar-refractivity contribution is 5.00. The van der Waals surface area contributed by atoms with Gasteiger partial charge in [0.05, 0.1) is 30.0 Å². The third kappa shape index (κ3) is 4.67. The molecule has 0 aromatic rings. The number of ether oxygens (including phenoxy) is 2. The van der Waals surface area contributed by atoms with Crippen molar-refractivity contribution in [3.8, 4) is 6.07 Å². The standard InChI is InChI=1S/C15H25NO3.C2H6/c1-2-15-11-13(6-4-10-17)18-14(15)8-7-12(19-15)5-3-9-16;1-2/h12-14,17H,2-8,10-11H2,1H3;1-2H3. The van der Waals surface area contributed by atoms with Gasteiger partial charge in [-0.05, 0) is 38.5 Å². The van der Waals surface area contributed by atoms with Crippen molar-refractivity contribution in [2.75, 3.05) is 6.61 Å². The zero-order valence-corrected chi connectivity index (χ0v) is 13.8. The minimum Gasteiger partial charge on any atom is -0.396 e. The van der Waals surface area contributed by atoms with Gasteiger partial charge in [-0.1, -0.05) is 20.8 Å². The minimum absolute atomic E-state index is 0.140. The highest BCUT2D eigenvalue weighted by Gasteiger charge is 2.51. The van der Waals surface area contributed by atoms with Crippen LogP contribution in [0.3, 0.4) is 0 Å². The maximum absolute atomic E-state index is 8.93. The average molecular weight is 297 g/mol. The van der Waals surface area contributed by atoms with Crippen LogP contribution in [-0.2, 0) is 9.47 Å². The van der Waals surface area contributed by atoms with Crippen LogP contribution < -0.4 is 0 Å². The summed E-state index contributed by atoms with van der Waals surface area (Å²) in [5, 5.41) is 17.6. The van der Waals surface area contributed by atoms with Crippen molar-refractivity contribution >= 4 is 0 Å². The Bertz CT molecular complexity index is 328. The second-order valence-electron chi connectivity index (χ2n) is 5.75. The summed E-state index contributed by atoms with van der Waals surface area (Å²) in [7, 11) is 0. The molecule has 0 bridgehead atoms. The SMILES string of the molecule is CC.CCC12CC(CCCO)OC1CCC(CCC#N)O2. The molecule has 0 aromatic carbocycles. The van der Waals surface area contributed by atoms with E-state index in [-0.39, 0.29) is 30.5 Å². The molecule has 0 aliphatic carbocycles. The van der Waals surface area contributed by atoms with Gasteiger partial charge in [-0.25, -0.2) is 0 Å². The number of aliphatic hydroxyl groups is 1. The summed E-state index contributed by atoms with van der Waals surface area (Å²) in [6, 6.07) is 2.20. The molecule has 122 valence electrons. The van der Waals surface area contributed by atoms with E-state index in [1.54, 1.807) is 0 Å². The lowest BCUT2D eigenvalue weighted by atomic mass is 9.83. The fourth-order valence-electron chi connectivity index (χ4n) is 3.48. The largest absolute Gasteiger partial charge is 0.396 e. The summed E-state index contributed by atoms with van der Waals surface area (Å²) in [4.78, 5) is 0. The van der Waals surface area contributed by atoms with Crippen LogP contribution in [0.15, 0.2) is 0 Å². The third-order valence-corrected chi connectivity index (χ3v) is 4.53. The number of hydrogen-bond acceptors (Lipinski definition) is 4. The summed E-state index contributed by atoms with van der Waals surface area (Å²) < 4.78 is 12.4. The van der Waals surface area contributed by atoms with Gasteiger partial charge in [0, 0.05) is 19.4 Å². The Hall–Kier alpha value is -0.630. The molecule has 2 fully saturated rings. The molecule has 21 heavy (non-hydrogen) atoms. The van der Waals surface area contributed by atoms with Crippen molar-refractivity contribution < 1.29 is 14.6 Å². The second-order valence-corrected chi connectivity index (χ2v) is 5.75. The van der Waals surface area contributed by atoms with Gasteiger partial charge in [-0.15, -0.1) is 0 Å². The molecule has 2 heterocycles. The molecular formula is C17H31NO3. The molecule has 0 amide bonds. The lowest BCUT2D eigenvalue weighted by molar-refractivity contribution is -0.168. The highest BCUT2D eigenvalue weighted by Crippen LogP contribution is 2.45. The quantitative estimate of drug-likeness (QED) is 0.814. The van der Waals surface area contributed by atoms with E-state index in [1.165, 1.54) is 0 Å². The summed E-state index contributed by atoms with van der Waals surface area (Å²) in [5.74, 6) is 0. The lowest BCUT2D eigenvalue weighted by Crippen LogP contribution is -2.47. The van der Waals surface area contributed by atoms with E-state index < -0.39 is 0 Å². The lowest BCUT2D eigenvalue weighted by Gasteiger charge is -2.41. The van der Waals surface area contributed by atoms with Crippen LogP contribution in [-0.4, -0.2) is 35.6 Å². The summed E-state index contributed by atoms with van der Waals surface area (Å²) in [6.07, 6.45) is 7.74. The fraction of sp³-hybridized carbons (Fsp3) is 0.941. The van der Waals surface area contributed by atoms with Crippen molar-refractivity contribution in [1.29, 1.82) is 5.26 Å². The van der Waals surface area contributed by atoms with Crippen molar-refractivity contribution in [3.05, 3.63) is 0 Å². The highest BCUT2D eigenvalue weighted by atomic mass is 16.6. The van der Waals surface area contributed by atoms with Crippen LogP contribution >= 0.6 is 0 Å². The Morgan fingerprint density at radius 2 is 2.00 bits per heavy atom. The number of nitrogens with zero attached hydrogens (tertiary/aromatic N) is 1. The van der Waals surface area contributed by atoms with Crippen molar-refractivity contribution in [3.63, 3.8) is 0 Å². The molecule has 2 rings (SSSR count). The summed E-state index contributed by atoms with van der Waals surface area (Å²) in [6.45, 7) is 6.40. The first-order valence-electron chi connectivity index (χ1n) is 8.55. The van der Waals surface area contributed by atoms with E-state index in [1.807, 2.05) is 13.8 Å². The number of fused-ring (bicyclic) bond motifs is 1. The molecule has 0 aromatic heterocycles. The van der Waals surface area contributed by atoms with Gasteiger partial charge >= 0.3 is 0 Å². The number of rotatable bonds is 6. The molecule has 4 atom stereocenters. The predicted octanol–water partition coefficient (Wildman–Crippen LogP) is 3.57. The second kappa shape index (κ2) is 9.40. The molecular weight excluding hydrogens is 266 g/mol. The van der Waals surface area contributed by atoms with E-state index in [0.717, 1.165) is 44.9 Å². The first-order chi connectivity index (χ1) is 10.2. The molecule has 4 nitrogen and oxygen atoms in total. The van der Waals surface area contributed by atoms with Crippen LogP contribution in [0.1, 0.15) is 72.1 Å². The van der Waals surface area contributed by atoms with Gasteiger partial charge in [0.1, 0.15) is 0 Å². The van der Waals surface area contributed by atoms with E-state index in [2.05, 4.69) is 13.0 Å². The first kappa shape index (κ1) is 18.4. The van der Waals surface area contributed by atoms with Crippen molar-refractivity contribution in [2.24, 2.45) is 0 Å². The molecule has 1 N–H and O–H groups in total. The molecule has 0 saturated carbocycles. The Kier molecular flexibility index (Phi) is 8.24. The Balaban J connectivity index is 0.00000106. The minimum atomic E-state index is -0.140. The molecule has 4 unspecified atom stereocenters. The van der Waals surface area contributed by atoms with Crippen LogP contribution in [0.25, 0.3) is 0 Å². The zero-order valence-electron chi connectivity index (χ0n) is 13.8. The zero-order chi connectivity index (χ0) is 15.7. The van der Waals surface area contributed by atoms with Gasteiger partial charge in [0.15, 0.2) is 0 Å². The normalized spacial score (nSPS) is 34.5. The van der Waals surface area contributed by atoms with Gasteiger partial charge < -0.3 is 14.6 Å². The maximum Gasteiger partial charge on any atom is 0.0968 e. The Labute approximate surface area is 129 Å². The Morgan fingerprint density at radius 1 is 1.24 bits per heavy atom. The van der Waals surface area contributed by atoms with Crippen LogP contribution in [0, 0.1) is 11.3 Å². The van der Waals surface area contributed by atoms with E-state index in [9.17, 15) is 0 Å². The molecule has 0 spiro atoms. The third-order valence-electron chi connectivity index (χ3n) is 4.53. The molecule has 4 heteroatoms. The predicted molar refractivity (Wildman–Crippen MR) is 82.9 cm³/mol. The van der Waals surface area contributed by atoms with E-state index >= 15 is 0 Å². The van der Waals surface area contributed by atoms with Crippen LogP contribution in [0.4, 0.5) is 0 Å². The first-order valence-corrected chi connectivity index (χ1v) is 8.55. The number of nitriles is 1. The van der Waals surface area contributed by atoms with E-state index in [4.69, 9.17) is 19.8 Å². The topological polar surface area (TPSA) is 62.5 Å². The van der Waals surface area contributed by atoms with Crippen LogP contribution in [0.5, 0.6) is 0 Å². The summed E-state index contributed by atoms with van der Waals surface area (Å²) >= 11 is 0. The van der Waals surface area contributed by atoms with Crippen LogP contribution in [0.2, 0.25) is 0 Å². The Morgan fingerprint density at radius 3 is 2.62 bits per heavy atom. The molecule has 2 aliphatic rings. The maximum atomic E-state index is 8.93.